The molecule has 2 aliphatic rings. The molecule has 75 heavy (non-hydrogen) atoms. The predicted octanol–water partition coefficient (Wildman–Crippen LogP) is 17.7. The lowest BCUT2D eigenvalue weighted by atomic mass is 9.33. The van der Waals surface area contributed by atoms with Crippen LogP contribution in [0.15, 0.2) is 261 Å². The summed E-state index contributed by atoms with van der Waals surface area (Å²) in [6, 6.07) is 97.6. The van der Waals surface area contributed by atoms with Crippen LogP contribution < -0.4 is 26.2 Å². The van der Waals surface area contributed by atoms with Crippen molar-refractivity contribution in [3.05, 3.63) is 272 Å². The zero-order valence-corrected chi connectivity index (χ0v) is 41.8. The van der Waals surface area contributed by atoms with Crippen LogP contribution in [0, 0.1) is 13.8 Å². The Balaban J connectivity index is 1.07. The topological polar surface area (TPSA) is 6.48 Å². The van der Waals surface area contributed by atoms with E-state index in [-0.39, 0.29) is 6.71 Å². The molecule has 0 atom stereocenters. The van der Waals surface area contributed by atoms with Crippen molar-refractivity contribution < 1.29 is 0 Å². The van der Waals surface area contributed by atoms with E-state index >= 15 is 0 Å². The van der Waals surface area contributed by atoms with Crippen molar-refractivity contribution in [3.63, 3.8) is 0 Å². The van der Waals surface area contributed by atoms with Crippen LogP contribution in [0.3, 0.4) is 0 Å². The van der Waals surface area contributed by atoms with Gasteiger partial charge in [0, 0.05) is 34.1 Å². The first-order valence-electron chi connectivity index (χ1n) is 26.2. The van der Waals surface area contributed by atoms with Crippen LogP contribution in [0.2, 0.25) is 0 Å². The van der Waals surface area contributed by atoms with Crippen LogP contribution in [0.25, 0.3) is 87.6 Å². The monoisotopic (exact) mass is 952 g/mol. The Hall–Kier alpha value is -9.44. The summed E-state index contributed by atoms with van der Waals surface area (Å²) >= 11 is 0. The molecule has 0 unspecified atom stereocenters. The maximum absolute atomic E-state index is 2.58. The van der Waals surface area contributed by atoms with Gasteiger partial charge in [-0.15, -0.1) is 0 Å². The van der Waals surface area contributed by atoms with Crippen LogP contribution in [0.1, 0.15) is 11.1 Å². The number of anilines is 6. The van der Waals surface area contributed by atoms with E-state index in [4.69, 9.17) is 0 Å². The van der Waals surface area contributed by atoms with E-state index in [1.807, 2.05) is 0 Å². The summed E-state index contributed by atoms with van der Waals surface area (Å²) in [5, 5.41) is 10.0. The Morgan fingerprint density at radius 2 is 0.640 bits per heavy atom. The molecule has 3 heteroatoms. The second kappa shape index (κ2) is 17.1. The zero-order chi connectivity index (χ0) is 49.7. The Morgan fingerprint density at radius 1 is 0.267 bits per heavy atom. The fraction of sp³-hybridized carbons (Fsp3) is 0.0278. The van der Waals surface area contributed by atoms with Crippen molar-refractivity contribution in [2.45, 2.75) is 13.8 Å². The smallest absolute Gasteiger partial charge is 0.252 e. The molecule has 2 heterocycles. The highest BCUT2D eigenvalue weighted by Gasteiger charge is 2.44. The molecule has 350 valence electrons. The second-order valence-corrected chi connectivity index (χ2v) is 20.5. The highest BCUT2D eigenvalue weighted by molar-refractivity contribution is 7.00. The van der Waals surface area contributed by atoms with Crippen LogP contribution in [0.4, 0.5) is 34.1 Å². The lowest BCUT2D eigenvalue weighted by Gasteiger charge is -2.45. The Morgan fingerprint density at radius 3 is 1.08 bits per heavy atom. The fourth-order valence-electron chi connectivity index (χ4n) is 12.8. The van der Waals surface area contributed by atoms with Gasteiger partial charge < -0.3 is 9.80 Å². The van der Waals surface area contributed by atoms with Crippen LogP contribution in [-0.4, -0.2) is 6.71 Å². The summed E-state index contributed by atoms with van der Waals surface area (Å²) in [6.07, 6.45) is 0. The van der Waals surface area contributed by atoms with Gasteiger partial charge >= 0.3 is 0 Å². The molecule has 0 aromatic heterocycles. The van der Waals surface area contributed by atoms with Gasteiger partial charge in [0.2, 0.25) is 0 Å². The summed E-state index contributed by atoms with van der Waals surface area (Å²) in [5.41, 5.74) is 23.1. The van der Waals surface area contributed by atoms with E-state index in [2.05, 4.69) is 285 Å². The third kappa shape index (κ3) is 6.96. The highest BCUT2D eigenvalue weighted by atomic mass is 15.2. The van der Waals surface area contributed by atoms with Crippen molar-refractivity contribution in [2.75, 3.05) is 9.80 Å². The average Bonchev–Trinajstić information content (AvgIpc) is 3.51. The maximum atomic E-state index is 2.58. The van der Waals surface area contributed by atoms with E-state index in [1.54, 1.807) is 0 Å². The zero-order valence-electron chi connectivity index (χ0n) is 41.8. The number of rotatable bonds is 6. The molecular weight excluding hydrogens is 904 g/mol. The van der Waals surface area contributed by atoms with Gasteiger partial charge in [-0.2, -0.15) is 0 Å². The summed E-state index contributed by atoms with van der Waals surface area (Å²) in [5.74, 6) is 0. The Labute approximate surface area is 438 Å². The van der Waals surface area contributed by atoms with Crippen molar-refractivity contribution in [3.8, 4) is 44.5 Å². The summed E-state index contributed by atoms with van der Waals surface area (Å²) in [4.78, 5) is 5.16. The fourth-order valence-corrected chi connectivity index (χ4v) is 12.8. The molecule has 2 nitrogen and oxygen atoms in total. The number of hydrogen-bond donors (Lipinski definition) is 0. The van der Waals surface area contributed by atoms with E-state index in [9.17, 15) is 0 Å². The van der Waals surface area contributed by atoms with Crippen molar-refractivity contribution in [1.29, 1.82) is 0 Å². The van der Waals surface area contributed by atoms with Gasteiger partial charge in [0.05, 0.1) is 0 Å². The van der Waals surface area contributed by atoms with Gasteiger partial charge in [-0.05, 0) is 177 Å². The van der Waals surface area contributed by atoms with E-state index in [1.165, 1.54) is 138 Å². The molecule has 0 saturated carbocycles. The summed E-state index contributed by atoms with van der Waals surface area (Å²) in [7, 11) is 0. The van der Waals surface area contributed by atoms with Crippen molar-refractivity contribution in [1.82, 2.24) is 0 Å². The number of nitrogens with zero attached hydrogens (tertiary/aromatic N) is 2. The molecule has 0 amide bonds. The SMILES string of the molecule is Cc1cc(-c2ccccc2)cc(C)c1-c1cc2c3c(c1)N(c1ccc(-c4ccccc4)cc1)c1cc4ccc5ccccc5c4cc1B3c1cc3c(ccc4ccccc43)cc1N2c1ccc(-c2ccccc2)cc1. The van der Waals surface area contributed by atoms with Gasteiger partial charge in [-0.3, -0.25) is 0 Å². The number of aryl methyl sites for hydroxylation is 2. The molecule has 15 rings (SSSR count). The minimum Gasteiger partial charge on any atom is -0.311 e. The first-order valence-corrected chi connectivity index (χ1v) is 26.2. The summed E-state index contributed by atoms with van der Waals surface area (Å²) < 4.78 is 0. The molecule has 13 aromatic rings. The molecule has 0 saturated heterocycles. The number of hydrogen-bond acceptors (Lipinski definition) is 2. The van der Waals surface area contributed by atoms with Crippen LogP contribution >= 0.6 is 0 Å². The Bertz CT molecular complexity index is 4160. The molecule has 0 spiro atoms. The molecule has 0 fully saturated rings. The molecule has 0 bridgehead atoms. The molecule has 0 N–H and O–H groups in total. The molecule has 13 aromatic carbocycles. The molecule has 0 radical (unpaired) electrons. The first kappa shape index (κ1) is 43.2. The summed E-state index contributed by atoms with van der Waals surface area (Å²) in [6.45, 7) is 4.49. The predicted molar refractivity (Wildman–Crippen MR) is 322 cm³/mol. The molecule has 0 aliphatic carbocycles. The molecule has 2 aliphatic heterocycles. The van der Waals surface area contributed by atoms with Crippen LogP contribution in [-0.2, 0) is 0 Å². The van der Waals surface area contributed by atoms with Gasteiger partial charge in [0.15, 0.2) is 0 Å². The van der Waals surface area contributed by atoms with E-state index in [0.717, 1.165) is 11.4 Å². The van der Waals surface area contributed by atoms with Gasteiger partial charge in [-0.1, -0.05) is 212 Å². The largest absolute Gasteiger partial charge is 0.311 e. The van der Waals surface area contributed by atoms with Crippen LogP contribution in [0.5, 0.6) is 0 Å². The standard InChI is InChI=1S/C72H49BN2/c1-46-38-57(50-20-10-5-11-21-50)39-47(2)71(46)58-42-69-72-70(43-58)75(60-36-32-52(33-37-60)49-18-8-4-9-19-49)68-41-56-29-27-54-23-13-15-25-62(54)64(56)45-66(68)73(72)65-44-63-55(28-26-53-22-12-14-24-61(53)63)40-67(65)74(69)59-34-30-51(31-35-59)48-16-6-3-7-17-48/h3-45H,1-2H3. The van der Waals surface area contributed by atoms with Crippen molar-refractivity contribution in [2.24, 2.45) is 0 Å². The highest BCUT2D eigenvalue weighted by Crippen LogP contribution is 2.49. The minimum absolute atomic E-state index is 0.0943. The quantitative estimate of drug-likeness (QED) is 0.121. The Kier molecular flexibility index (Phi) is 9.84. The second-order valence-electron chi connectivity index (χ2n) is 20.5. The lowest BCUT2D eigenvalue weighted by Crippen LogP contribution is -2.61. The van der Waals surface area contributed by atoms with E-state index in [0.29, 0.717) is 0 Å². The minimum atomic E-state index is -0.0943. The van der Waals surface area contributed by atoms with Crippen molar-refractivity contribution >= 4 is 100 Å². The lowest BCUT2D eigenvalue weighted by molar-refractivity contribution is 1.25. The van der Waals surface area contributed by atoms with Gasteiger partial charge in [0.25, 0.3) is 6.71 Å². The third-order valence-corrected chi connectivity index (χ3v) is 16.2. The average molecular weight is 953 g/mol. The molecular formula is C72H49BN2. The number of benzene rings is 13. The van der Waals surface area contributed by atoms with Gasteiger partial charge in [0.1, 0.15) is 0 Å². The number of fused-ring (bicyclic) bond motifs is 10. The normalized spacial score (nSPS) is 12.6. The maximum Gasteiger partial charge on any atom is 0.252 e. The van der Waals surface area contributed by atoms with E-state index < -0.39 is 0 Å². The van der Waals surface area contributed by atoms with Gasteiger partial charge in [-0.25, -0.2) is 0 Å². The third-order valence-electron chi connectivity index (χ3n) is 16.2. The first-order chi connectivity index (χ1) is 37.0.